The normalized spacial score (nSPS) is 24.8. The van der Waals surface area contributed by atoms with Crippen LogP contribution in [0.3, 0.4) is 0 Å². The van der Waals surface area contributed by atoms with E-state index in [2.05, 4.69) is 6.07 Å². The fraction of sp³-hybridized carbons (Fsp3) is 0.846. The summed E-state index contributed by atoms with van der Waals surface area (Å²) in [6.45, 7) is 2.49. The Labute approximate surface area is 103 Å². The van der Waals surface area contributed by atoms with E-state index >= 15 is 0 Å². The first-order valence-corrected chi connectivity index (χ1v) is 6.57. The molecule has 4 heteroatoms. The number of nitriles is 1. The van der Waals surface area contributed by atoms with Gasteiger partial charge in [-0.2, -0.15) is 5.26 Å². The predicted octanol–water partition coefficient (Wildman–Crippen LogP) is 1.71. The van der Waals surface area contributed by atoms with Crippen molar-refractivity contribution in [1.82, 2.24) is 4.90 Å². The Morgan fingerprint density at radius 1 is 1.12 bits per heavy atom. The van der Waals surface area contributed by atoms with Crippen molar-refractivity contribution < 1.29 is 9.53 Å². The minimum absolute atomic E-state index is 0.0465. The summed E-state index contributed by atoms with van der Waals surface area (Å²) < 4.78 is 5.25. The number of nitrogens with zero attached hydrogens (tertiary/aromatic N) is 2. The van der Waals surface area contributed by atoms with Crippen molar-refractivity contribution >= 4 is 5.91 Å². The van der Waals surface area contributed by atoms with Crippen LogP contribution >= 0.6 is 0 Å². The van der Waals surface area contributed by atoms with E-state index in [4.69, 9.17) is 4.74 Å². The molecular formula is C13H20N2O2. The summed E-state index contributed by atoms with van der Waals surface area (Å²) in [5.74, 6) is 0.0465. The van der Waals surface area contributed by atoms with Gasteiger partial charge in [0, 0.05) is 13.1 Å². The SMILES string of the molecule is N#CC1(C(=O)N2CCOCC2)CCCCCC1. The van der Waals surface area contributed by atoms with E-state index in [0.717, 1.165) is 38.5 Å². The number of amides is 1. The molecular weight excluding hydrogens is 216 g/mol. The van der Waals surface area contributed by atoms with Crippen molar-refractivity contribution in [2.24, 2.45) is 5.41 Å². The standard InChI is InChI=1S/C13H20N2O2/c14-11-13(5-3-1-2-4-6-13)12(16)15-7-9-17-10-8-15/h1-10H2. The average molecular weight is 236 g/mol. The smallest absolute Gasteiger partial charge is 0.243 e. The summed E-state index contributed by atoms with van der Waals surface area (Å²) in [6, 6.07) is 2.32. The Kier molecular flexibility index (Phi) is 4.01. The molecule has 2 rings (SSSR count). The minimum Gasteiger partial charge on any atom is -0.378 e. The summed E-state index contributed by atoms with van der Waals surface area (Å²) >= 11 is 0. The van der Waals surface area contributed by atoms with Crippen molar-refractivity contribution in [1.29, 1.82) is 5.26 Å². The molecule has 0 aromatic rings. The molecule has 0 unspecified atom stereocenters. The largest absolute Gasteiger partial charge is 0.378 e. The highest BCUT2D eigenvalue weighted by Gasteiger charge is 2.41. The second-order valence-electron chi connectivity index (χ2n) is 5.01. The molecule has 0 atom stereocenters. The molecule has 0 bridgehead atoms. The molecule has 0 aromatic carbocycles. The Morgan fingerprint density at radius 2 is 1.71 bits per heavy atom. The first-order chi connectivity index (χ1) is 8.28. The molecule has 1 amide bonds. The summed E-state index contributed by atoms with van der Waals surface area (Å²) in [6.07, 6.45) is 5.78. The second-order valence-corrected chi connectivity index (χ2v) is 5.01. The van der Waals surface area contributed by atoms with Gasteiger partial charge >= 0.3 is 0 Å². The van der Waals surface area contributed by atoms with E-state index in [0.29, 0.717) is 26.3 Å². The van der Waals surface area contributed by atoms with E-state index in [1.54, 1.807) is 0 Å². The van der Waals surface area contributed by atoms with Crippen LogP contribution in [-0.2, 0) is 9.53 Å². The molecule has 0 radical (unpaired) electrons. The van der Waals surface area contributed by atoms with Crippen LogP contribution in [0.1, 0.15) is 38.5 Å². The first-order valence-electron chi connectivity index (χ1n) is 6.57. The molecule has 17 heavy (non-hydrogen) atoms. The van der Waals surface area contributed by atoms with E-state index in [1.165, 1.54) is 0 Å². The van der Waals surface area contributed by atoms with Gasteiger partial charge in [-0.25, -0.2) is 0 Å². The van der Waals surface area contributed by atoms with Crippen molar-refractivity contribution in [2.75, 3.05) is 26.3 Å². The van der Waals surface area contributed by atoms with Crippen LogP contribution in [0.4, 0.5) is 0 Å². The van der Waals surface area contributed by atoms with Gasteiger partial charge in [0.15, 0.2) is 0 Å². The molecule has 0 N–H and O–H groups in total. The Hall–Kier alpha value is -1.08. The number of hydrogen-bond donors (Lipinski definition) is 0. The molecule has 2 aliphatic rings. The number of rotatable bonds is 1. The zero-order chi connectivity index (χ0) is 12.1. The predicted molar refractivity (Wildman–Crippen MR) is 63.1 cm³/mol. The summed E-state index contributed by atoms with van der Waals surface area (Å²) in [4.78, 5) is 14.3. The lowest BCUT2D eigenvalue weighted by Gasteiger charge is -2.34. The molecule has 1 saturated carbocycles. The zero-order valence-electron chi connectivity index (χ0n) is 10.3. The highest BCUT2D eigenvalue weighted by molar-refractivity contribution is 5.85. The number of carbonyl (C=O) groups excluding carboxylic acids is 1. The van der Waals surface area contributed by atoms with Gasteiger partial charge in [0.05, 0.1) is 19.3 Å². The first kappa shape index (κ1) is 12.4. The van der Waals surface area contributed by atoms with E-state index < -0.39 is 5.41 Å². The highest BCUT2D eigenvalue weighted by atomic mass is 16.5. The lowest BCUT2D eigenvalue weighted by molar-refractivity contribution is -0.143. The lowest BCUT2D eigenvalue weighted by atomic mass is 9.80. The Morgan fingerprint density at radius 3 is 2.24 bits per heavy atom. The third-order valence-electron chi connectivity index (χ3n) is 3.88. The van der Waals surface area contributed by atoms with Crippen molar-refractivity contribution in [3.63, 3.8) is 0 Å². The van der Waals surface area contributed by atoms with Crippen LogP contribution in [0.5, 0.6) is 0 Å². The molecule has 0 aromatic heterocycles. The second kappa shape index (κ2) is 5.50. The zero-order valence-corrected chi connectivity index (χ0v) is 10.3. The van der Waals surface area contributed by atoms with Gasteiger partial charge in [0.25, 0.3) is 0 Å². The number of hydrogen-bond acceptors (Lipinski definition) is 3. The third kappa shape index (κ3) is 2.61. The summed E-state index contributed by atoms with van der Waals surface area (Å²) in [5, 5.41) is 9.44. The maximum atomic E-state index is 12.5. The lowest BCUT2D eigenvalue weighted by Crippen LogP contribution is -2.48. The Bertz CT molecular complexity index is 308. The maximum absolute atomic E-state index is 12.5. The van der Waals surface area contributed by atoms with Crippen molar-refractivity contribution in [3.8, 4) is 6.07 Å². The van der Waals surface area contributed by atoms with Gasteiger partial charge in [-0.3, -0.25) is 4.79 Å². The van der Waals surface area contributed by atoms with E-state index in [-0.39, 0.29) is 5.91 Å². The van der Waals surface area contributed by atoms with Crippen LogP contribution in [0, 0.1) is 16.7 Å². The van der Waals surface area contributed by atoms with E-state index in [9.17, 15) is 10.1 Å². The summed E-state index contributed by atoms with van der Waals surface area (Å²) in [5.41, 5.74) is -0.742. The molecule has 4 nitrogen and oxygen atoms in total. The quantitative estimate of drug-likeness (QED) is 0.651. The van der Waals surface area contributed by atoms with Crippen molar-refractivity contribution in [3.05, 3.63) is 0 Å². The van der Waals surface area contributed by atoms with Gasteiger partial charge in [0.2, 0.25) is 5.91 Å². The average Bonchev–Trinajstić information content (AvgIpc) is 2.65. The fourth-order valence-electron chi connectivity index (χ4n) is 2.77. The molecule has 1 heterocycles. The van der Waals surface area contributed by atoms with Gasteiger partial charge in [-0.05, 0) is 12.8 Å². The van der Waals surface area contributed by atoms with Gasteiger partial charge in [0.1, 0.15) is 5.41 Å². The van der Waals surface area contributed by atoms with Crippen LogP contribution in [0.2, 0.25) is 0 Å². The number of morpholine rings is 1. The van der Waals surface area contributed by atoms with Gasteiger partial charge in [-0.15, -0.1) is 0 Å². The van der Waals surface area contributed by atoms with Crippen molar-refractivity contribution in [2.45, 2.75) is 38.5 Å². The monoisotopic (exact) mass is 236 g/mol. The summed E-state index contributed by atoms with van der Waals surface area (Å²) in [7, 11) is 0. The van der Waals surface area contributed by atoms with Gasteiger partial charge < -0.3 is 9.64 Å². The van der Waals surface area contributed by atoms with E-state index in [1.807, 2.05) is 4.90 Å². The van der Waals surface area contributed by atoms with Crippen LogP contribution in [0.25, 0.3) is 0 Å². The maximum Gasteiger partial charge on any atom is 0.243 e. The number of carbonyl (C=O) groups is 1. The fourth-order valence-corrected chi connectivity index (χ4v) is 2.77. The minimum atomic E-state index is -0.742. The highest BCUT2D eigenvalue weighted by Crippen LogP contribution is 2.36. The van der Waals surface area contributed by atoms with Crippen LogP contribution in [-0.4, -0.2) is 37.1 Å². The topological polar surface area (TPSA) is 53.3 Å². The molecule has 1 saturated heterocycles. The third-order valence-corrected chi connectivity index (χ3v) is 3.88. The molecule has 94 valence electrons. The molecule has 2 fully saturated rings. The van der Waals surface area contributed by atoms with Gasteiger partial charge in [-0.1, -0.05) is 25.7 Å². The van der Waals surface area contributed by atoms with Crippen LogP contribution in [0.15, 0.2) is 0 Å². The number of ether oxygens (including phenoxy) is 1. The van der Waals surface area contributed by atoms with Crippen LogP contribution < -0.4 is 0 Å². The molecule has 0 spiro atoms. The molecule has 1 aliphatic carbocycles. The molecule has 1 aliphatic heterocycles. The Balaban J connectivity index is 2.10.